The van der Waals surface area contributed by atoms with Gasteiger partial charge in [-0.15, -0.1) is 35.3 Å². The summed E-state index contributed by atoms with van der Waals surface area (Å²) in [5.74, 6) is 1.30. The standard InChI is InChI=1S/C22H32FN5S.HI/c1-3-21-27-19(16-29-21)15-28-12-9-17(10-13-28)14-26-22(24-2)25-11-8-18-6-4-5-7-20(18)23;/h4-7,16-17H,3,8-15H2,1-2H3,(H2,24,25,26);1H. The smallest absolute Gasteiger partial charge is 0.190 e. The fourth-order valence-corrected chi connectivity index (χ4v) is 4.38. The first-order valence-corrected chi connectivity index (χ1v) is 11.4. The van der Waals surface area contributed by atoms with E-state index in [0.29, 0.717) is 18.9 Å². The van der Waals surface area contributed by atoms with Gasteiger partial charge in [-0.2, -0.15) is 0 Å². The maximum absolute atomic E-state index is 13.7. The summed E-state index contributed by atoms with van der Waals surface area (Å²) < 4.78 is 13.7. The Balaban J connectivity index is 0.00000320. The number of aryl methyl sites for hydroxylation is 1. The molecule has 1 fully saturated rings. The summed E-state index contributed by atoms with van der Waals surface area (Å²) in [4.78, 5) is 11.5. The topological polar surface area (TPSA) is 52.6 Å². The van der Waals surface area contributed by atoms with Gasteiger partial charge in [0.1, 0.15) is 5.82 Å². The van der Waals surface area contributed by atoms with Crippen molar-refractivity contribution < 1.29 is 4.39 Å². The Hall–Kier alpha value is -1.26. The Morgan fingerprint density at radius 3 is 2.70 bits per heavy atom. The van der Waals surface area contributed by atoms with Crippen LogP contribution in [0.5, 0.6) is 0 Å². The molecular formula is C22H33FIN5S. The lowest BCUT2D eigenvalue weighted by Crippen LogP contribution is -2.43. The van der Waals surface area contributed by atoms with Gasteiger partial charge >= 0.3 is 0 Å². The molecule has 2 aromatic rings. The number of thiazole rings is 1. The molecule has 1 saturated heterocycles. The van der Waals surface area contributed by atoms with E-state index in [9.17, 15) is 4.39 Å². The molecule has 5 nitrogen and oxygen atoms in total. The van der Waals surface area contributed by atoms with Gasteiger partial charge in [0.05, 0.1) is 10.7 Å². The van der Waals surface area contributed by atoms with Crippen molar-refractivity contribution in [3.8, 4) is 0 Å². The van der Waals surface area contributed by atoms with Crippen molar-refractivity contribution in [2.75, 3.05) is 33.2 Å². The highest BCUT2D eigenvalue weighted by Gasteiger charge is 2.20. The number of benzene rings is 1. The molecule has 0 atom stereocenters. The zero-order valence-corrected chi connectivity index (χ0v) is 21.0. The van der Waals surface area contributed by atoms with E-state index in [2.05, 4.69) is 37.8 Å². The average Bonchev–Trinajstić information content (AvgIpc) is 3.20. The molecule has 0 aliphatic carbocycles. The fourth-order valence-electron chi connectivity index (χ4n) is 3.64. The third-order valence-electron chi connectivity index (χ3n) is 5.42. The Labute approximate surface area is 200 Å². The number of nitrogens with one attached hydrogen (secondary N) is 2. The molecule has 0 saturated carbocycles. The SMILES string of the molecule is CCc1nc(CN2CCC(CNC(=NC)NCCc3ccccc3F)CC2)cs1.I. The zero-order chi connectivity index (χ0) is 20.5. The third-order valence-corrected chi connectivity index (χ3v) is 6.46. The van der Waals surface area contributed by atoms with Crippen LogP contribution >= 0.6 is 35.3 Å². The van der Waals surface area contributed by atoms with Gasteiger partial charge < -0.3 is 10.6 Å². The molecule has 0 radical (unpaired) electrons. The first-order chi connectivity index (χ1) is 14.2. The second kappa shape index (κ2) is 13.2. The molecule has 1 aromatic heterocycles. The van der Waals surface area contributed by atoms with Crippen molar-refractivity contribution in [1.29, 1.82) is 0 Å². The molecule has 30 heavy (non-hydrogen) atoms. The van der Waals surface area contributed by atoms with E-state index in [1.54, 1.807) is 24.5 Å². The van der Waals surface area contributed by atoms with Crippen LogP contribution in [0.1, 0.15) is 36.0 Å². The van der Waals surface area contributed by atoms with Crippen LogP contribution in [0, 0.1) is 11.7 Å². The van der Waals surface area contributed by atoms with Crippen LogP contribution in [0.3, 0.4) is 0 Å². The quantitative estimate of drug-likeness (QED) is 0.298. The average molecular weight is 546 g/mol. The number of aromatic nitrogens is 1. The van der Waals surface area contributed by atoms with Gasteiger partial charge in [0.25, 0.3) is 0 Å². The van der Waals surface area contributed by atoms with Crippen molar-refractivity contribution in [3.63, 3.8) is 0 Å². The highest BCUT2D eigenvalue weighted by molar-refractivity contribution is 14.0. The summed E-state index contributed by atoms with van der Waals surface area (Å²) in [6.07, 6.45) is 4.03. The maximum atomic E-state index is 13.7. The van der Waals surface area contributed by atoms with E-state index in [4.69, 9.17) is 0 Å². The molecule has 0 unspecified atom stereocenters. The van der Waals surface area contributed by atoms with Gasteiger partial charge in [-0.1, -0.05) is 25.1 Å². The summed E-state index contributed by atoms with van der Waals surface area (Å²) in [5.41, 5.74) is 1.94. The van der Waals surface area contributed by atoms with Gasteiger partial charge in [-0.25, -0.2) is 9.37 Å². The minimum atomic E-state index is -0.146. The van der Waals surface area contributed by atoms with Crippen molar-refractivity contribution in [2.45, 2.75) is 39.2 Å². The number of hydrogen-bond donors (Lipinski definition) is 2. The number of nitrogens with zero attached hydrogens (tertiary/aromatic N) is 3. The predicted molar refractivity (Wildman–Crippen MR) is 134 cm³/mol. The van der Waals surface area contributed by atoms with E-state index in [-0.39, 0.29) is 29.8 Å². The molecule has 8 heteroatoms. The maximum Gasteiger partial charge on any atom is 0.190 e. The number of hydrogen-bond acceptors (Lipinski definition) is 4. The third kappa shape index (κ3) is 7.77. The molecule has 2 heterocycles. The summed E-state index contributed by atoms with van der Waals surface area (Å²) in [5, 5.41) is 10.1. The van der Waals surface area contributed by atoms with Crippen LogP contribution in [0.2, 0.25) is 0 Å². The molecule has 0 bridgehead atoms. The van der Waals surface area contributed by atoms with Gasteiger partial charge in [0, 0.05) is 32.1 Å². The normalized spacial score (nSPS) is 15.6. The summed E-state index contributed by atoms with van der Waals surface area (Å²) in [7, 11) is 1.78. The van der Waals surface area contributed by atoms with E-state index in [0.717, 1.165) is 44.1 Å². The van der Waals surface area contributed by atoms with Crippen molar-refractivity contribution >= 4 is 41.3 Å². The number of guanidine groups is 1. The number of likely N-dealkylation sites (tertiary alicyclic amines) is 1. The number of halogens is 2. The van der Waals surface area contributed by atoms with E-state index in [1.807, 2.05) is 12.1 Å². The molecule has 0 amide bonds. The molecule has 3 rings (SSSR count). The highest BCUT2D eigenvalue weighted by atomic mass is 127. The Morgan fingerprint density at radius 1 is 1.27 bits per heavy atom. The van der Waals surface area contributed by atoms with Crippen LogP contribution in [0.25, 0.3) is 0 Å². The molecule has 1 aromatic carbocycles. The Morgan fingerprint density at radius 2 is 2.03 bits per heavy atom. The van der Waals surface area contributed by atoms with Gasteiger partial charge in [-0.3, -0.25) is 9.89 Å². The largest absolute Gasteiger partial charge is 0.356 e. The second-order valence-electron chi connectivity index (χ2n) is 7.53. The first-order valence-electron chi connectivity index (χ1n) is 10.5. The minimum absolute atomic E-state index is 0. The number of piperidine rings is 1. The van der Waals surface area contributed by atoms with E-state index < -0.39 is 0 Å². The van der Waals surface area contributed by atoms with Gasteiger partial charge in [0.2, 0.25) is 0 Å². The summed E-state index contributed by atoms with van der Waals surface area (Å²) in [6, 6.07) is 6.92. The van der Waals surface area contributed by atoms with Crippen molar-refractivity contribution in [1.82, 2.24) is 20.5 Å². The van der Waals surface area contributed by atoms with Crippen molar-refractivity contribution in [2.24, 2.45) is 10.9 Å². The Bertz CT molecular complexity index is 789. The monoisotopic (exact) mass is 545 g/mol. The lowest BCUT2D eigenvalue weighted by molar-refractivity contribution is 0.176. The fraction of sp³-hybridized carbons (Fsp3) is 0.545. The van der Waals surface area contributed by atoms with Gasteiger partial charge in [0.15, 0.2) is 5.96 Å². The predicted octanol–water partition coefficient (Wildman–Crippen LogP) is 4.08. The molecule has 1 aliphatic heterocycles. The van der Waals surface area contributed by atoms with Crippen LogP contribution in [0.4, 0.5) is 4.39 Å². The second-order valence-corrected chi connectivity index (χ2v) is 8.47. The molecule has 2 N–H and O–H groups in total. The zero-order valence-electron chi connectivity index (χ0n) is 17.9. The molecular weight excluding hydrogens is 512 g/mol. The van der Waals surface area contributed by atoms with Crippen LogP contribution in [-0.2, 0) is 19.4 Å². The Kier molecular flexibility index (Phi) is 11.0. The molecule has 0 spiro atoms. The van der Waals surface area contributed by atoms with E-state index in [1.165, 1.54) is 29.6 Å². The van der Waals surface area contributed by atoms with E-state index >= 15 is 0 Å². The number of rotatable bonds is 8. The van der Waals surface area contributed by atoms with Crippen LogP contribution in [-0.4, -0.2) is 49.1 Å². The molecule has 166 valence electrons. The summed E-state index contributed by atoms with van der Waals surface area (Å²) >= 11 is 1.77. The van der Waals surface area contributed by atoms with Crippen LogP contribution < -0.4 is 10.6 Å². The lowest BCUT2D eigenvalue weighted by atomic mass is 9.97. The first kappa shape index (κ1) is 25.0. The lowest BCUT2D eigenvalue weighted by Gasteiger charge is -2.31. The van der Waals surface area contributed by atoms with Crippen LogP contribution in [0.15, 0.2) is 34.6 Å². The summed E-state index contributed by atoms with van der Waals surface area (Å²) in [6.45, 7) is 6.94. The number of aliphatic imine (C=N–C) groups is 1. The van der Waals surface area contributed by atoms with Crippen molar-refractivity contribution in [3.05, 3.63) is 51.7 Å². The van der Waals surface area contributed by atoms with Gasteiger partial charge in [-0.05, 0) is 56.3 Å². The highest BCUT2D eigenvalue weighted by Crippen LogP contribution is 2.19. The molecule has 1 aliphatic rings. The minimum Gasteiger partial charge on any atom is -0.356 e.